The summed E-state index contributed by atoms with van der Waals surface area (Å²) < 4.78 is 14.1. The zero-order valence-electron chi connectivity index (χ0n) is 10.6. The second-order valence-corrected chi connectivity index (χ2v) is 8.12. The molecule has 1 saturated heterocycles. The van der Waals surface area contributed by atoms with E-state index in [1.807, 2.05) is 14.2 Å². The molecule has 0 N–H and O–H groups in total. The lowest BCUT2D eigenvalue weighted by Crippen LogP contribution is -2.59. The average Bonchev–Trinajstić information content (AvgIpc) is 2.75. The van der Waals surface area contributed by atoms with Crippen LogP contribution in [0.15, 0.2) is 0 Å². The van der Waals surface area contributed by atoms with Gasteiger partial charge in [0.2, 0.25) is 0 Å². The van der Waals surface area contributed by atoms with Gasteiger partial charge >= 0.3 is 8.72 Å². The summed E-state index contributed by atoms with van der Waals surface area (Å²) >= 11 is 0. The van der Waals surface area contributed by atoms with Crippen LogP contribution in [0.4, 0.5) is 0 Å². The van der Waals surface area contributed by atoms with E-state index in [9.17, 15) is 0 Å². The zero-order chi connectivity index (χ0) is 11.3. The SMILES string of the molecule is CCCC(C)[Si](OC)(OC)N1CCCC1. The van der Waals surface area contributed by atoms with Crippen molar-refractivity contribution in [1.82, 2.24) is 4.57 Å². The standard InChI is InChI=1S/C11H25NO2Si/c1-5-8-11(2)15(13-3,14-4)12-9-6-7-10-12/h11H,5-10H2,1-4H3. The van der Waals surface area contributed by atoms with Crippen molar-refractivity contribution in [3.05, 3.63) is 0 Å². The van der Waals surface area contributed by atoms with Crippen molar-refractivity contribution >= 4 is 8.72 Å². The van der Waals surface area contributed by atoms with E-state index in [1.54, 1.807) is 0 Å². The third-order valence-electron chi connectivity index (χ3n) is 3.48. The molecule has 1 unspecified atom stereocenters. The van der Waals surface area contributed by atoms with Crippen molar-refractivity contribution in [3.8, 4) is 0 Å². The third kappa shape index (κ3) is 2.61. The molecular weight excluding hydrogens is 206 g/mol. The molecule has 0 saturated carbocycles. The molecule has 1 rings (SSSR count). The van der Waals surface area contributed by atoms with Gasteiger partial charge in [0, 0.05) is 19.8 Å². The second kappa shape index (κ2) is 5.99. The summed E-state index contributed by atoms with van der Waals surface area (Å²) in [5.41, 5.74) is 0.551. The lowest BCUT2D eigenvalue weighted by Gasteiger charge is -2.39. The summed E-state index contributed by atoms with van der Waals surface area (Å²) in [6, 6.07) is 0. The van der Waals surface area contributed by atoms with Gasteiger partial charge in [-0.2, -0.15) is 0 Å². The molecule has 0 aliphatic carbocycles. The Morgan fingerprint density at radius 1 is 1.20 bits per heavy atom. The summed E-state index contributed by atoms with van der Waals surface area (Å²) in [6.45, 7) is 6.82. The average molecular weight is 231 g/mol. The van der Waals surface area contributed by atoms with E-state index < -0.39 is 8.72 Å². The van der Waals surface area contributed by atoms with Crippen molar-refractivity contribution in [1.29, 1.82) is 0 Å². The lowest BCUT2D eigenvalue weighted by molar-refractivity contribution is 0.161. The molecule has 90 valence electrons. The van der Waals surface area contributed by atoms with Gasteiger partial charge in [0.15, 0.2) is 0 Å². The molecule has 3 nitrogen and oxygen atoms in total. The highest BCUT2D eigenvalue weighted by atomic mass is 28.4. The fourth-order valence-corrected chi connectivity index (χ4v) is 6.40. The monoisotopic (exact) mass is 231 g/mol. The maximum Gasteiger partial charge on any atom is 0.430 e. The zero-order valence-corrected chi connectivity index (χ0v) is 11.6. The number of hydrogen-bond acceptors (Lipinski definition) is 3. The highest BCUT2D eigenvalue weighted by Crippen LogP contribution is 2.32. The van der Waals surface area contributed by atoms with Gasteiger partial charge in [0.25, 0.3) is 0 Å². The van der Waals surface area contributed by atoms with E-state index in [0.29, 0.717) is 5.54 Å². The Labute approximate surface area is 95.1 Å². The molecule has 1 heterocycles. The van der Waals surface area contributed by atoms with Crippen LogP contribution in [0, 0.1) is 0 Å². The minimum atomic E-state index is -2.10. The fourth-order valence-electron chi connectivity index (χ4n) is 2.70. The predicted molar refractivity (Wildman–Crippen MR) is 64.9 cm³/mol. The van der Waals surface area contributed by atoms with Crippen molar-refractivity contribution in [2.24, 2.45) is 0 Å². The maximum absolute atomic E-state index is 5.83. The van der Waals surface area contributed by atoms with Gasteiger partial charge < -0.3 is 8.85 Å². The van der Waals surface area contributed by atoms with Crippen molar-refractivity contribution < 1.29 is 8.85 Å². The first-order valence-corrected chi connectivity index (χ1v) is 7.90. The van der Waals surface area contributed by atoms with Gasteiger partial charge in [0.05, 0.1) is 0 Å². The van der Waals surface area contributed by atoms with Crippen LogP contribution in [0.25, 0.3) is 0 Å². The minimum absolute atomic E-state index is 0.551. The van der Waals surface area contributed by atoms with Crippen LogP contribution in [0.1, 0.15) is 39.5 Å². The number of rotatable bonds is 6. The molecule has 0 amide bonds. The van der Waals surface area contributed by atoms with Gasteiger partial charge in [-0.1, -0.05) is 20.3 Å². The Bertz CT molecular complexity index is 179. The highest BCUT2D eigenvalue weighted by molar-refractivity contribution is 6.66. The summed E-state index contributed by atoms with van der Waals surface area (Å²) in [5, 5.41) is 0. The minimum Gasteiger partial charge on any atom is -0.386 e. The van der Waals surface area contributed by atoms with Crippen molar-refractivity contribution in [2.75, 3.05) is 27.3 Å². The quantitative estimate of drug-likeness (QED) is 0.656. The van der Waals surface area contributed by atoms with Crippen molar-refractivity contribution in [2.45, 2.75) is 45.1 Å². The molecule has 1 aliphatic heterocycles. The third-order valence-corrected chi connectivity index (χ3v) is 7.51. The molecule has 15 heavy (non-hydrogen) atoms. The van der Waals surface area contributed by atoms with Crippen molar-refractivity contribution in [3.63, 3.8) is 0 Å². The molecule has 1 atom stereocenters. The molecule has 0 aromatic heterocycles. The Morgan fingerprint density at radius 3 is 2.13 bits per heavy atom. The Kier molecular flexibility index (Phi) is 5.25. The molecule has 1 aliphatic rings. The van der Waals surface area contributed by atoms with Crippen LogP contribution >= 0.6 is 0 Å². The summed E-state index contributed by atoms with van der Waals surface area (Å²) in [4.78, 5) is 0. The van der Waals surface area contributed by atoms with Gasteiger partial charge in [0.1, 0.15) is 0 Å². The maximum atomic E-state index is 5.83. The molecule has 0 spiro atoms. The molecule has 0 radical (unpaired) electrons. The Hall–Kier alpha value is 0.0969. The first-order valence-electron chi connectivity index (χ1n) is 6.06. The first-order chi connectivity index (χ1) is 7.21. The van der Waals surface area contributed by atoms with E-state index >= 15 is 0 Å². The van der Waals surface area contributed by atoms with E-state index in [0.717, 1.165) is 13.1 Å². The summed E-state index contributed by atoms with van der Waals surface area (Å²) in [7, 11) is 1.54. The summed E-state index contributed by atoms with van der Waals surface area (Å²) in [5.74, 6) is 0. The first kappa shape index (κ1) is 13.2. The van der Waals surface area contributed by atoms with E-state index in [2.05, 4.69) is 18.4 Å². The van der Waals surface area contributed by atoms with Crippen LogP contribution in [0.3, 0.4) is 0 Å². The fraction of sp³-hybridized carbons (Fsp3) is 1.00. The van der Waals surface area contributed by atoms with Gasteiger partial charge in [-0.25, -0.2) is 0 Å². The van der Waals surface area contributed by atoms with Crippen LogP contribution in [0.2, 0.25) is 5.54 Å². The van der Waals surface area contributed by atoms with Crippen LogP contribution in [0.5, 0.6) is 0 Å². The van der Waals surface area contributed by atoms with E-state index in [-0.39, 0.29) is 0 Å². The van der Waals surface area contributed by atoms with E-state index in [4.69, 9.17) is 8.85 Å². The topological polar surface area (TPSA) is 21.7 Å². The summed E-state index contributed by atoms with van der Waals surface area (Å²) in [6.07, 6.45) is 4.99. The predicted octanol–water partition coefficient (Wildman–Crippen LogP) is 2.50. The lowest BCUT2D eigenvalue weighted by atomic mass is 10.3. The molecule has 1 fully saturated rings. The molecule has 0 aromatic carbocycles. The smallest absolute Gasteiger partial charge is 0.386 e. The highest BCUT2D eigenvalue weighted by Gasteiger charge is 2.48. The molecule has 4 heteroatoms. The normalized spacial score (nSPS) is 20.8. The number of nitrogens with zero attached hydrogens (tertiary/aromatic N) is 1. The Morgan fingerprint density at radius 2 is 1.73 bits per heavy atom. The molecule has 0 aromatic rings. The second-order valence-electron chi connectivity index (χ2n) is 4.42. The van der Waals surface area contributed by atoms with Gasteiger partial charge in [-0.3, -0.25) is 4.57 Å². The molecule has 0 bridgehead atoms. The van der Waals surface area contributed by atoms with Crippen LogP contribution in [-0.2, 0) is 8.85 Å². The van der Waals surface area contributed by atoms with Gasteiger partial charge in [-0.05, 0) is 32.4 Å². The number of hydrogen-bond donors (Lipinski definition) is 0. The van der Waals surface area contributed by atoms with E-state index in [1.165, 1.54) is 25.7 Å². The Balaban J connectivity index is 2.74. The van der Waals surface area contributed by atoms with Gasteiger partial charge in [-0.15, -0.1) is 0 Å². The largest absolute Gasteiger partial charge is 0.430 e. The molecular formula is C11H25NO2Si. The van der Waals surface area contributed by atoms with Crippen LogP contribution < -0.4 is 0 Å². The van der Waals surface area contributed by atoms with Crippen LogP contribution in [-0.4, -0.2) is 40.6 Å².